The van der Waals surface area contributed by atoms with Crippen molar-refractivity contribution < 1.29 is 4.79 Å². The van der Waals surface area contributed by atoms with Crippen LogP contribution in [0.2, 0.25) is 0 Å². The molecule has 1 amide bonds. The van der Waals surface area contributed by atoms with Gasteiger partial charge in [-0.3, -0.25) is 9.69 Å². The van der Waals surface area contributed by atoms with Gasteiger partial charge in [-0.25, -0.2) is 4.98 Å². The first-order valence-corrected chi connectivity index (χ1v) is 9.03. The van der Waals surface area contributed by atoms with E-state index in [0.29, 0.717) is 0 Å². The number of aromatic nitrogens is 1. The lowest BCUT2D eigenvalue weighted by Crippen LogP contribution is -2.49. The van der Waals surface area contributed by atoms with Gasteiger partial charge in [0.2, 0.25) is 5.91 Å². The molecule has 2 heterocycles. The lowest BCUT2D eigenvalue weighted by molar-refractivity contribution is -0.134. The van der Waals surface area contributed by atoms with Gasteiger partial charge in [-0.05, 0) is 13.8 Å². The smallest absolute Gasteiger partial charge is 0.239 e. The van der Waals surface area contributed by atoms with E-state index in [0.717, 1.165) is 42.6 Å². The van der Waals surface area contributed by atoms with Crippen LogP contribution in [-0.4, -0.2) is 64.9 Å². The Balaban J connectivity index is 1.81. The molecular weight excluding hydrogens is 290 g/mol. The van der Waals surface area contributed by atoms with Gasteiger partial charge in [0.1, 0.15) is 0 Å². The molecule has 0 bridgehead atoms. The summed E-state index contributed by atoms with van der Waals surface area (Å²) in [4.78, 5) is 22.2. The number of nitrogens with zero attached hydrogens (tertiary/aromatic N) is 3. The van der Waals surface area contributed by atoms with E-state index in [1.165, 1.54) is 4.88 Å². The van der Waals surface area contributed by atoms with Crippen molar-refractivity contribution in [2.45, 2.75) is 26.3 Å². The SMILES string of the molecule is Cc1cnc(CCN(C)C(=O)[C@@H](C)N2CCSCC2)s1. The summed E-state index contributed by atoms with van der Waals surface area (Å²) < 4.78 is 0. The van der Waals surface area contributed by atoms with E-state index >= 15 is 0 Å². The quantitative estimate of drug-likeness (QED) is 0.832. The van der Waals surface area contributed by atoms with Gasteiger partial charge in [0.05, 0.1) is 11.0 Å². The third-order valence-corrected chi connectivity index (χ3v) is 5.57. The molecule has 0 saturated carbocycles. The minimum Gasteiger partial charge on any atom is -0.344 e. The maximum absolute atomic E-state index is 12.4. The zero-order valence-corrected chi connectivity index (χ0v) is 14.1. The standard InChI is InChI=1S/C14H23N3OS2/c1-11-10-15-13(20-11)4-5-16(3)14(18)12(2)17-6-8-19-9-7-17/h10,12H,4-9H2,1-3H3/t12-/m1/s1. The fourth-order valence-electron chi connectivity index (χ4n) is 2.33. The lowest BCUT2D eigenvalue weighted by atomic mass is 10.2. The Hall–Kier alpha value is -0.590. The van der Waals surface area contributed by atoms with Crippen LogP contribution in [0.3, 0.4) is 0 Å². The minimum absolute atomic E-state index is 0.000990. The molecule has 0 unspecified atom stereocenters. The van der Waals surface area contributed by atoms with Crippen LogP contribution >= 0.6 is 23.1 Å². The topological polar surface area (TPSA) is 36.4 Å². The molecule has 0 aliphatic carbocycles. The molecule has 1 aromatic rings. The highest BCUT2D eigenvalue weighted by Crippen LogP contribution is 2.14. The highest BCUT2D eigenvalue weighted by Gasteiger charge is 2.25. The summed E-state index contributed by atoms with van der Waals surface area (Å²) in [6, 6.07) is -0.000990. The third-order valence-electron chi connectivity index (χ3n) is 3.66. The number of aryl methyl sites for hydroxylation is 1. The number of likely N-dealkylation sites (N-methyl/N-ethyl adjacent to an activating group) is 1. The molecule has 1 saturated heterocycles. The predicted molar refractivity (Wildman–Crippen MR) is 86.6 cm³/mol. The van der Waals surface area contributed by atoms with E-state index in [2.05, 4.69) is 16.8 Å². The molecule has 1 aromatic heterocycles. The van der Waals surface area contributed by atoms with Gasteiger partial charge in [-0.2, -0.15) is 11.8 Å². The van der Waals surface area contributed by atoms with Crippen LogP contribution in [0.25, 0.3) is 0 Å². The summed E-state index contributed by atoms with van der Waals surface area (Å²) in [5.74, 6) is 2.50. The Morgan fingerprint density at radius 3 is 2.80 bits per heavy atom. The van der Waals surface area contributed by atoms with E-state index in [-0.39, 0.29) is 11.9 Å². The molecule has 6 heteroatoms. The molecule has 1 aliphatic heterocycles. The highest BCUT2D eigenvalue weighted by atomic mass is 32.2. The Kier molecular flexibility index (Phi) is 5.86. The van der Waals surface area contributed by atoms with Crippen LogP contribution in [0.15, 0.2) is 6.20 Å². The predicted octanol–water partition coefficient (Wildman–Crippen LogP) is 1.89. The van der Waals surface area contributed by atoms with E-state index in [1.807, 2.05) is 36.8 Å². The molecule has 1 atom stereocenters. The van der Waals surface area contributed by atoms with E-state index in [9.17, 15) is 4.79 Å². The van der Waals surface area contributed by atoms with Crippen molar-refractivity contribution in [3.63, 3.8) is 0 Å². The van der Waals surface area contributed by atoms with E-state index in [4.69, 9.17) is 0 Å². The van der Waals surface area contributed by atoms with Gasteiger partial charge < -0.3 is 4.90 Å². The van der Waals surface area contributed by atoms with Crippen molar-refractivity contribution in [2.24, 2.45) is 0 Å². The maximum Gasteiger partial charge on any atom is 0.239 e. The molecule has 0 spiro atoms. The van der Waals surface area contributed by atoms with E-state index in [1.54, 1.807) is 11.3 Å². The van der Waals surface area contributed by atoms with Crippen LogP contribution in [0.5, 0.6) is 0 Å². The van der Waals surface area contributed by atoms with Gasteiger partial charge in [-0.1, -0.05) is 0 Å². The highest BCUT2D eigenvalue weighted by molar-refractivity contribution is 7.99. The summed E-state index contributed by atoms with van der Waals surface area (Å²) in [6.45, 7) is 6.89. The zero-order valence-electron chi connectivity index (χ0n) is 12.5. The number of rotatable bonds is 5. The second kappa shape index (κ2) is 7.43. The number of thioether (sulfide) groups is 1. The lowest BCUT2D eigenvalue weighted by Gasteiger charge is -2.33. The third kappa shape index (κ3) is 4.20. The molecule has 1 aliphatic rings. The summed E-state index contributed by atoms with van der Waals surface area (Å²) in [7, 11) is 1.90. The Bertz CT molecular complexity index is 443. The molecular formula is C14H23N3OS2. The van der Waals surface area contributed by atoms with Crippen molar-refractivity contribution in [2.75, 3.05) is 38.2 Å². The average molecular weight is 313 g/mol. The first kappa shape index (κ1) is 15.8. The Labute approximate surface area is 129 Å². The number of carbonyl (C=O) groups is 1. The second-order valence-electron chi connectivity index (χ2n) is 5.20. The van der Waals surface area contributed by atoms with Crippen molar-refractivity contribution in [3.8, 4) is 0 Å². The van der Waals surface area contributed by atoms with Crippen LogP contribution in [0.1, 0.15) is 16.8 Å². The second-order valence-corrected chi connectivity index (χ2v) is 7.74. The summed E-state index contributed by atoms with van der Waals surface area (Å²) in [5.41, 5.74) is 0. The number of thiazole rings is 1. The fraction of sp³-hybridized carbons (Fsp3) is 0.714. The van der Waals surface area contributed by atoms with Crippen LogP contribution in [0, 0.1) is 6.92 Å². The Morgan fingerprint density at radius 1 is 1.50 bits per heavy atom. The molecule has 0 radical (unpaired) electrons. The monoisotopic (exact) mass is 313 g/mol. The van der Waals surface area contributed by atoms with Gasteiger partial charge in [-0.15, -0.1) is 11.3 Å². The van der Waals surface area contributed by atoms with Crippen LogP contribution in [0.4, 0.5) is 0 Å². The van der Waals surface area contributed by atoms with E-state index < -0.39 is 0 Å². The minimum atomic E-state index is -0.000990. The first-order valence-electron chi connectivity index (χ1n) is 7.06. The largest absolute Gasteiger partial charge is 0.344 e. The maximum atomic E-state index is 12.4. The number of amides is 1. The number of carbonyl (C=O) groups excluding carboxylic acids is 1. The van der Waals surface area contributed by atoms with Crippen LogP contribution < -0.4 is 0 Å². The number of hydrogen-bond donors (Lipinski definition) is 0. The normalized spacial score (nSPS) is 17.9. The zero-order chi connectivity index (χ0) is 14.5. The molecule has 0 aromatic carbocycles. The van der Waals surface area contributed by atoms with Crippen molar-refractivity contribution >= 4 is 29.0 Å². The molecule has 112 valence electrons. The summed E-state index contributed by atoms with van der Waals surface area (Å²) >= 11 is 3.69. The number of hydrogen-bond acceptors (Lipinski definition) is 5. The summed E-state index contributed by atoms with van der Waals surface area (Å²) in [6.07, 6.45) is 2.75. The van der Waals surface area contributed by atoms with Crippen molar-refractivity contribution in [1.82, 2.24) is 14.8 Å². The van der Waals surface area contributed by atoms with Gasteiger partial charge in [0, 0.05) is 55.7 Å². The van der Waals surface area contributed by atoms with Crippen molar-refractivity contribution in [1.29, 1.82) is 0 Å². The molecule has 0 N–H and O–H groups in total. The van der Waals surface area contributed by atoms with Gasteiger partial charge >= 0.3 is 0 Å². The Morgan fingerprint density at radius 2 is 2.20 bits per heavy atom. The van der Waals surface area contributed by atoms with Gasteiger partial charge in [0.15, 0.2) is 0 Å². The van der Waals surface area contributed by atoms with Crippen molar-refractivity contribution in [3.05, 3.63) is 16.1 Å². The fourth-order valence-corrected chi connectivity index (χ4v) is 4.04. The average Bonchev–Trinajstić information content (AvgIpc) is 2.89. The molecule has 4 nitrogen and oxygen atoms in total. The first-order chi connectivity index (χ1) is 9.58. The summed E-state index contributed by atoms with van der Waals surface area (Å²) in [5, 5.41) is 1.11. The molecule has 20 heavy (non-hydrogen) atoms. The van der Waals surface area contributed by atoms with Crippen LogP contribution in [-0.2, 0) is 11.2 Å². The molecule has 1 fully saturated rings. The van der Waals surface area contributed by atoms with Gasteiger partial charge in [0.25, 0.3) is 0 Å². The molecule has 2 rings (SSSR count).